The number of fused-ring (bicyclic) bond motifs is 2. The number of anilines is 2. The van der Waals surface area contributed by atoms with Gasteiger partial charge in [-0.05, 0) is 30.7 Å². The lowest BCUT2D eigenvalue weighted by molar-refractivity contribution is 0.0254. The van der Waals surface area contributed by atoms with Crippen LogP contribution in [0.1, 0.15) is 11.1 Å². The molecule has 1 aliphatic heterocycles. The van der Waals surface area contributed by atoms with Crippen molar-refractivity contribution >= 4 is 33.0 Å². The first kappa shape index (κ1) is 21.8. The molecule has 0 bridgehead atoms. The van der Waals surface area contributed by atoms with Crippen molar-refractivity contribution in [2.24, 2.45) is 5.73 Å². The maximum atomic E-state index is 13.8. The molecule has 0 aliphatic carbocycles. The lowest BCUT2D eigenvalue weighted by Gasteiger charge is -2.32. The lowest BCUT2D eigenvalue weighted by Crippen LogP contribution is -2.35. The highest BCUT2D eigenvalue weighted by atomic mass is 32.3. The number of alkyl halides is 2. The summed E-state index contributed by atoms with van der Waals surface area (Å²) in [6.07, 6.45) is 0. The highest BCUT2D eigenvalue weighted by Gasteiger charge is 2.28. The normalized spacial score (nSPS) is 17.2. The minimum atomic E-state index is -3.03. The van der Waals surface area contributed by atoms with Crippen molar-refractivity contribution in [3.8, 4) is 0 Å². The Morgan fingerprint density at radius 2 is 1.97 bits per heavy atom. The molecule has 0 saturated carbocycles. The van der Waals surface area contributed by atoms with Gasteiger partial charge >= 0.3 is 0 Å². The minimum Gasteiger partial charge on any atom is -0.378 e. The molecule has 6 nitrogen and oxygen atoms in total. The quantitative estimate of drug-likeness (QED) is 0.453. The fraction of sp³-hybridized carbons (Fsp3) is 0.318. The van der Waals surface area contributed by atoms with E-state index in [1.165, 1.54) is 0 Å². The number of aryl methyl sites for hydroxylation is 1. The van der Waals surface area contributed by atoms with Gasteiger partial charge in [-0.2, -0.15) is 10.6 Å². The van der Waals surface area contributed by atoms with Gasteiger partial charge in [0.15, 0.2) is 0 Å². The Labute approximate surface area is 181 Å². The lowest BCUT2D eigenvalue weighted by atomic mass is 10.1. The van der Waals surface area contributed by atoms with E-state index in [9.17, 15) is 17.9 Å². The zero-order valence-corrected chi connectivity index (χ0v) is 18.0. The van der Waals surface area contributed by atoms with Crippen LogP contribution in [-0.2, 0) is 6.54 Å². The van der Waals surface area contributed by atoms with E-state index in [2.05, 4.69) is 5.32 Å². The number of pyridine rings is 1. The van der Waals surface area contributed by atoms with Gasteiger partial charge < -0.3 is 16.0 Å². The summed E-state index contributed by atoms with van der Waals surface area (Å²) in [7, 11) is -2.91. The van der Waals surface area contributed by atoms with E-state index in [1.54, 1.807) is 18.2 Å². The number of nitrogens with zero attached hydrogens (tertiary/aromatic N) is 2. The van der Waals surface area contributed by atoms with E-state index in [0.29, 0.717) is 35.0 Å². The zero-order chi connectivity index (χ0) is 22.2. The standard InChI is InChI=1S/C22H26F2N4O2S/c1-15-6-7-18-17(10-15)19(26-14-22(23,24)13-25)11-21(27-18)28-8-9-31(29,30)20-5-3-2-4-16(20)12-28/h2-7,10-11,29-30H,8-9,12-14,25H2,1H3,(H,26,27). The van der Waals surface area contributed by atoms with Crippen molar-refractivity contribution in [3.05, 3.63) is 59.7 Å². The SMILES string of the molecule is Cc1ccc2nc(N3CCS(O)(O)c4ccccc4C3)cc(NCC(F)(F)CN)c2c1. The number of hydrogen-bond donors (Lipinski definition) is 4. The summed E-state index contributed by atoms with van der Waals surface area (Å²) in [4.78, 5) is 7.25. The Bertz CT molecular complexity index is 1110. The Morgan fingerprint density at radius 3 is 2.74 bits per heavy atom. The smallest absolute Gasteiger partial charge is 0.276 e. The summed E-state index contributed by atoms with van der Waals surface area (Å²) in [5.41, 5.74) is 8.21. The van der Waals surface area contributed by atoms with E-state index in [0.717, 1.165) is 16.5 Å². The van der Waals surface area contributed by atoms with Crippen molar-refractivity contribution in [3.63, 3.8) is 0 Å². The van der Waals surface area contributed by atoms with Crippen LogP contribution < -0.4 is 16.0 Å². The fourth-order valence-electron chi connectivity index (χ4n) is 3.71. The van der Waals surface area contributed by atoms with Crippen LogP contribution in [0.2, 0.25) is 0 Å². The molecule has 1 aliphatic rings. The topological polar surface area (TPSA) is 94.6 Å². The summed E-state index contributed by atoms with van der Waals surface area (Å²) in [6, 6.07) is 14.7. The molecule has 0 amide bonds. The van der Waals surface area contributed by atoms with Crippen molar-refractivity contribution in [1.29, 1.82) is 0 Å². The third kappa shape index (κ3) is 4.59. The van der Waals surface area contributed by atoms with Gasteiger partial charge in [-0.25, -0.2) is 13.8 Å². The van der Waals surface area contributed by atoms with Crippen LogP contribution in [0, 0.1) is 6.92 Å². The number of nitrogens with one attached hydrogen (secondary N) is 1. The average Bonchev–Trinajstić information content (AvgIpc) is 2.88. The van der Waals surface area contributed by atoms with Crippen LogP contribution in [0.25, 0.3) is 10.9 Å². The fourth-order valence-corrected chi connectivity index (χ4v) is 5.26. The Kier molecular flexibility index (Phi) is 5.78. The summed E-state index contributed by atoms with van der Waals surface area (Å²) >= 11 is 0. The molecule has 166 valence electrons. The molecule has 9 heteroatoms. The van der Waals surface area contributed by atoms with Crippen molar-refractivity contribution in [2.45, 2.75) is 24.3 Å². The molecule has 31 heavy (non-hydrogen) atoms. The van der Waals surface area contributed by atoms with Gasteiger partial charge in [0.05, 0.1) is 29.3 Å². The predicted octanol–water partition coefficient (Wildman–Crippen LogP) is 4.68. The largest absolute Gasteiger partial charge is 0.378 e. The van der Waals surface area contributed by atoms with E-state index in [4.69, 9.17) is 10.7 Å². The molecule has 0 radical (unpaired) electrons. The Balaban J connectivity index is 1.75. The summed E-state index contributed by atoms with van der Waals surface area (Å²) in [6.45, 7) is 1.42. The Morgan fingerprint density at radius 1 is 1.19 bits per heavy atom. The van der Waals surface area contributed by atoms with Crippen LogP contribution in [0.3, 0.4) is 0 Å². The van der Waals surface area contributed by atoms with Gasteiger partial charge in [-0.1, -0.05) is 29.8 Å². The van der Waals surface area contributed by atoms with Crippen molar-refractivity contribution in [2.75, 3.05) is 35.6 Å². The maximum Gasteiger partial charge on any atom is 0.276 e. The molecule has 0 atom stereocenters. The van der Waals surface area contributed by atoms with Gasteiger partial charge in [-0.3, -0.25) is 9.11 Å². The number of hydrogen-bond acceptors (Lipinski definition) is 6. The molecule has 1 aromatic heterocycles. The van der Waals surface area contributed by atoms with E-state index in [-0.39, 0.29) is 5.75 Å². The van der Waals surface area contributed by atoms with Gasteiger partial charge in [0.2, 0.25) is 0 Å². The molecular weight excluding hydrogens is 422 g/mol. The zero-order valence-electron chi connectivity index (χ0n) is 17.2. The molecule has 4 rings (SSSR count). The van der Waals surface area contributed by atoms with E-state index >= 15 is 0 Å². The first-order chi connectivity index (χ1) is 14.7. The average molecular weight is 449 g/mol. The second-order valence-electron chi connectivity index (χ2n) is 7.86. The highest BCUT2D eigenvalue weighted by molar-refractivity contribution is 8.24. The third-order valence-electron chi connectivity index (χ3n) is 5.44. The molecule has 0 spiro atoms. The summed E-state index contributed by atoms with van der Waals surface area (Å²) in [5, 5.41) is 3.59. The molecule has 3 aromatic rings. The molecular formula is C22H26F2N4O2S. The van der Waals surface area contributed by atoms with Gasteiger partial charge in [-0.15, -0.1) is 0 Å². The van der Waals surface area contributed by atoms with E-state index < -0.39 is 29.6 Å². The third-order valence-corrected chi connectivity index (χ3v) is 7.30. The van der Waals surface area contributed by atoms with E-state index in [1.807, 2.05) is 42.2 Å². The number of rotatable bonds is 5. The van der Waals surface area contributed by atoms with Gasteiger partial charge in [0.25, 0.3) is 5.92 Å². The van der Waals surface area contributed by atoms with Crippen LogP contribution in [-0.4, -0.2) is 45.4 Å². The van der Waals surface area contributed by atoms with Gasteiger partial charge in [0, 0.05) is 30.2 Å². The summed E-state index contributed by atoms with van der Waals surface area (Å²) in [5.74, 6) is -2.27. The monoisotopic (exact) mass is 448 g/mol. The second-order valence-corrected chi connectivity index (χ2v) is 10.0. The second kappa shape index (κ2) is 8.23. The molecule has 0 fully saturated rings. The summed E-state index contributed by atoms with van der Waals surface area (Å²) < 4.78 is 48.8. The molecule has 0 saturated heterocycles. The van der Waals surface area contributed by atoms with Crippen LogP contribution in [0.4, 0.5) is 20.3 Å². The van der Waals surface area contributed by atoms with Crippen LogP contribution >= 0.6 is 10.6 Å². The predicted molar refractivity (Wildman–Crippen MR) is 122 cm³/mol. The first-order valence-corrected chi connectivity index (χ1v) is 11.7. The molecule has 0 unspecified atom stereocenters. The number of nitrogens with two attached hydrogens (primary N) is 1. The maximum absolute atomic E-state index is 13.8. The number of aromatic nitrogens is 1. The van der Waals surface area contributed by atoms with Gasteiger partial charge in [0.1, 0.15) is 5.82 Å². The number of halogens is 2. The van der Waals surface area contributed by atoms with Crippen LogP contribution in [0.5, 0.6) is 0 Å². The highest BCUT2D eigenvalue weighted by Crippen LogP contribution is 2.51. The molecule has 2 aromatic carbocycles. The van der Waals surface area contributed by atoms with Crippen LogP contribution in [0.15, 0.2) is 53.4 Å². The van der Waals surface area contributed by atoms with Crippen molar-refractivity contribution in [1.82, 2.24) is 4.98 Å². The van der Waals surface area contributed by atoms with Crippen molar-refractivity contribution < 1.29 is 17.9 Å². The molecule has 2 heterocycles. The molecule has 5 N–H and O–H groups in total. The number of benzene rings is 2. The Hall–Kier alpha value is -2.46. The first-order valence-electron chi connectivity index (χ1n) is 10.0. The minimum absolute atomic E-state index is 0.172.